The molecule has 1 N–H and O–H groups in total. The van der Waals surface area contributed by atoms with E-state index in [1.54, 1.807) is 20.8 Å². The van der Waals surface area contributed by atoms with Crippen molar-refractivity contribution in [1.82, 2.24) is 10.2 Å². The molecule has 1 aliphatic rings. The Morgan fingerprint density at radius 1 is 1.24 bits per heavy atom. The molecule has 1 fully saturated rings. The number of likely N-dealkylation sites (tertiary alicyclic amines) is 1. The lowest BCUT2D eigenvalue weighted by atomic mass is 10.1. The van der Waals surface area contributed by atoms with Crippen molar-refractivity contribution >= 4 is 24.3 Å². The second kappa shape index (κ2) is 10.0. The summed E-state index contributed by atoms with van der Waals surface area (Å²) in [4.78, 5) is 49.6. The smallest absolute Gasteiger partial charge is 0.410 e. The van der Waals surface area contributed by atoms with Crippen LogP contribution in [0.3, 0.4) is 0 Å². The van der Waals surface area contributed by atoms with Crippen LogP contribution in [0.15, 0.2) is 30.3 Å². The van der Waals surface area contributed by atoms with Gasteiger partial charge in [0.2, 0.25) is 5.91 Å². The van der Waals surface area contributed by atoms with Crippen molar-refractivity contribution in [2.45, 2.75) is 64.3 Å². The number of nitrogens with one attached hydrogen (secondary N) is 1. The van der Waals surface area contributed by atoms with Gasteiger partial charge in [-0.3, -0.25) is 14.5 Å². The van der Waals surface area contributed by atoms with E-state index in [0.29, 0.717) is 25.7 Å². The number of hydrogen-bond acceptors (Lipinski definition) is 6. The SMILES string of the molecule is CC(C)(C)OC(=O)C[C@@H](C=O)NC(=O)C1CCCN1C(=O)OCc1ccccc1. The summed E-state index contributed by atoms with van der Waals surface area (Å²) in [6, 6.07) is 7.49. The normalized spacial score (nSPS) is 17.3. The van der Waals surface area contributed by atoms with Crippen LogP contribution in [0.5, 0.6) is 0 Å². The van der Waals surface area contributed by atoms with Gasteiger partial charge >= 0.3 is 12.1 Å². The average Bonchev–Trinajstić information content (AvgIpc) is 3.15. The summed E-state index contributed by atoms with van der Waals surface area (Å²) in [7, 11) is 0. The van der Waals surface area contributed by atoms with Gasteiger partial charge in [0, 0.05) is 6.54 Å². The van der Waals surface area contributed by atoms with Gasteiger partial charge in [-0.1, -0.05) is 30.3 Å². The molecule has 1 unspecified atom stereocenters. The van der Waals surface area contributed by atoms with Crippen LogP contribution >= 0.6 is 0 Å². The van der Waals surface area contributed by atoms with Crippen molar-refractivity contribution in [2.24, 2.45) is 0 Å². The van der Waals surface area contributed by atoms with E-state index in [2.05, 4.69) is 5.32 Å². The van der Waals surface area contributed by atoms with Gasteiger partial charge in [0.05, 0.1) is 12.5 Å². The standard InChI is InChI=1S/C21H28N2O6/c1-21(2,3)29-18(25)12-16(13-24)22-19(26)17-10-7-11-23(17)20(27)28-14-15-8-5-4-6-9-15/h4-6,8-9,13,16-17H,7,10-12,14H2,1-3H3,(H,22,26)/t16-,17?/m0/s1. The van der Waals surface area contributed by atoms with E-state index in [1.807, 2.05) is 30.3 Å². The van der Waals surface area contributed by atoms with E-state index in [4.69, 9.17) is 9.47 Å². The quantitative estimate of drug-likeness (QED) is 0.552. The monoisotopic (exact) mass is 404 g/mol. The van der Waals surface area contributed by atoms with E-state index in [1.165, 1.54) is 4.90 Å². The molecule has 2 amide bonds. The molecule has 1 saturated heterocycles. The van der Waals surface area contributed by atoms with Gasteiger partial charge in [0.15, 0.2) is 0 Å². The van der Waals surface area contributed by atoms with Gasteiger partial charge < -0.3 is 19.6 Å². The highest BCUT2D eigenvalue weighted by atomic mass is 16.6. The Morgan fingerprint density at radius 2 is 1.93 bits per heavy atom. The molecular formula is C21H28N2O6. The first-order valence-electron chi connectivity index (χ1n) is 9.64. The van der Waals surface area contributed by atoms with Gasteiger partial charge in [0.1, 0.15) is 24.5 Å². The second-order valence-corrected chi connectivity index (χ2v) is 7.93. The first-order valence-corrected chi connectivity index (χ1v) is 9.64. The third kappa shape index (κ3) is 7.21. The molecule has 0 spiro atoms. The molecule has 0 aliphatic carbocycles. The number of ether oxygens (including phenoxy) is 2. The maximum atomic E-state index is 12.6. The van der Waals surface area contributed by atoms with Gasteiger partial charge in [0.25, 0.3) is 0 Å². The molecule has 2 atom stereocenters. The number of aldehydes is 1. The molecule has 2 rings (SSSR count). The van der Waals surface area contributed by atoms with E-state index < -0.39 is 35.7 Å². The summed E-state index contributed by atoms with van der Waals surface area (Å²) >= 11 is 0. The van der Waals surface area contributed by atoms with Crippen LogP contribution in [0, 0.1) is 0 Å². The number of carbonyl (C=O) groups is 4. The minimum absolute atomic E-state index is 0.111. The molecular weight excluding hydrogens is 376 g/mol. The highest BCUT2D eigenvalue weighted by molar-refractivity contribution is 5.89. The molecule has 8 heteroatoms. The van der Waals surface area contributed by atoms with E-state index in [-0.39, 0.29) is 13.0 Å². The van der Waals surface area contributed by atoms with Crippen LogP contribution in [-0.4, -0.2) is 53.4 Å². The Kier molecular flexibility index (Phi) is 7.75. The number of rotatable bonds is 7. The lowest BCUT2D eigenvalue weighted by Crippen LogP contribution is -2.50. The van der Waals surface area contributed by atoms with Crippen molar-refractivity contribution in [3.8, 4) is 0 Å². The molecule has 8 nitrogen and oxygen atoms in total. The minimum Gasteiger partial charge on any atom is -0.460 e. The van der Waals surface area contributed by atoms with Crippen LogP contribution < -0.4 is 5.32 Å². The van der Waals surface area contributed by atoms with E-state index in [9.17, 15) is 19.2 Å². The fourth-order valence-electron chi connectivity index (χ4n) is 3.03. The highest BCUT2D eigenvalue weighted by Gasteiger charge is 2.36. The number of benzene rings is 1. The molecule has 0 aromatic heterocycles. The Hall–Kier alpha value is -2.90. The van der Waals surface area contributed by atoms with Crippen molar-refractivity contribution in [1.29, 1.82) is 0 Å². The molecule has 0 saturated carbocycles. The summed E-state index contributed by atoms with van der Waals surface area (Å²) in [6.07, 6.45) is 0.758. The summed E-state index contributed by atoms with van der Waals surface area (Å²) in [5.74, 6) is -1.07. The largest absolute Gasteiger partial charge is 0.460 e. The average molecular weight is 404 g/mol. The van der Waals surface area contributed by atoms with Crippen LogP contribution in [0.1, 0.15) is 45.6 Å². The predicted octanol–water partition coefficient (Wildman–Crippen LogP) is 2.20. The van der Waals surface area contributed by atoms with Crippen molar-refractivity contribution in [2.75, 3.05) is 6.54 Å². The molecule has 158 valence electrons. The fraction of sp³-hybridized carbons (Fsp3) is 0.524. The van der Waals surface area contributed by atoms with Gasteiger partial charge in [-0.05, 0) is 39.2 Å². The Bertz CT molecular complexity index is 728. The number of nitrogens with zero attached hydrogens (tertiary/aromatic N) is 1. The maximum absolute atomic E-state index is 12.6. The lowest BCUT2D eigenvalue weighted by Gasteiger charge is -2.25. The number of hydrogen-bond donors (Lipinski definition) is 1. The first kappa shape index (κ1) is 22.4. The number of esters is 1. The van der Waals surface area contributed by atoms with Gasteiger partial charge in [-0.25, -0.2) is 4.79 Å². The zero-order chi connectivity index (χ0) is 21.4. The minimum atomic E-state index is -1.01. The molecule has 1 aromatic carbocycles. The van der Waals surface area contributed by atoms with Gasteiger partial charge in [-0.15, -0.1) is 0 Å². The molecule has 0 radical (unpaired) electrons. The van der Waals surface area contributed by atoms with Crippen molar-refractivity contribution in [3.63, 3.8) is 0 Å². The van der Waals surface area contributed by atoms with Crippen LogP contribution in [0.25, 0.3) is 0 Å². The highest BCUT2D eigenvalue weighted by Crippen LogP contribution is 2.19. The van der Waals surface area contributed by atoms with E-state index in [0.717, 1.165) is 5.56 Å². The van der Waals surface area contributed by atoms with Crippen LogP contribution in [0.4, 0.5) is 4.79 Å². The zero-order valence-corrected chi connectivity index (χ0v) is 17.1. The first-order chi connectivity index (χ1) is 13.7. The molecule has 0 bridgehead atoms. The zero-order valence-electron chi connectivity index (χ0n) is 17.1. The van der Waals surface area contributed by atoms with Crippen LogP contribution in [0.2, 0.25) is 0 Å². The Morgan fingerprint density at radius 3 is 2.55 bits per heavy atom. The molecule has 29 heavy (non-hydrogen) atoms. The third-order valence-electron chi connectivity index (χ3n) is 4.29. The lowest BCUT2D eigenvalue weighted by molar-refractivity contribution is -0.156. The summed E-state index contributed by atoms with van der Waals surface area (Å²) in [5.41, 5.74) is 0.165. The Balaban J connectivity index is 1.89. The Labute approximate surface area is 170 Å². The van der Waals surface area contributed by atoms with E-state index >= 15 is 0 Å². The molecule has 1 aromatic rings. The predicted molar refractivity (Wildman–Crippen MR) is 105 cm³/mol. The summed E-state index contributed by atoms with van der Waals surface area (Å²) < 4.78 is 10.5. The third-order valence-corrected chi connectivity index (χ3v) is 4.29. The maximum Gasteiger partial charge on any atom is 0.410 e. The topological polar surface area (TPSA) is 102 Å². The van der Waals surface area contributed by atoms with Gasteiger partial charge in [-0.2, -0.15) is 0 Å². The fourth-order valence-corrected chi connectivity index (χ4v) is 3.03. The molecule has 1 heterocycles. The van der Waals surface area contributed by atoms with Crippen molar-refractivity contribution < 1.29 is 28.7 Å². The second-order valence-electron chi connectivity index (χ2n) is 7.93. The number of amides is 2. The van der Waals surface area contributed by atoms with Crippen LogP contribution in [-0.2, 0) is 30.5 Å². The van der Waals surface area contributed by atoms with Crippen molar-refractivity contribution in [3.05, 3.63) is 35.9 Å². The number of carbonyl (C=O) groups excluding carboxylic acids is 4. The molecule has 1 aliphatic heterocycles. The summed E-state index contributed by atoms with van der Waals surface area (Å²) in [5, 5.41) is 2.53. The summed E-state index contributed by atoms with van der Waals surface area (Å²) in [6.45, 7) is 5.66.